The second kappa shape index (κ2) is 12.1. The van der Waals surface area contributed by atoms with Crippen LogP contribution in [-0.2, 0) is 17.8 Å². The van der Waals surface area contributed by atoms with E-state index in [1.807, 2.05) is 30.3 Å². The summed E-state index contributed by atoms with van der Waals surface area (Å²) < 4.78 is 19.2. The maximum Gasteiger partial charge on any atom is 1.00 e. The number of ether oxygens (including phenoxy) is 1. The zero-order chi connectivity index (χ0) is 25.8. The molecule has 1 amide bonds. The van der Waals surface area contributed by atoms with Crippen LogP contribution in [0, 0.1) is 5.82 Å². The summed E-state index contributed by atoms with van der Waals surface area (Å²) in [5.41, 5.74) is 2.63. The van der Waals surface area contributed by atoms with Crippen molar-refractivity contribution in [2.24, 2.45) is 0 Å². The van der Waals surface area contributed by atoms with Crippen LogP contribution in [0.15, 0.2) is 91.0 Å². The average Bonchev–Trinajstić information content (AvgIpc) is 2.91. The third kappa shape index (κ3) is 6.52. The SMILES string of the molecule is O=C(N[C@@H](Cc1ccc(OCc2ccc3ccc(F)cc3n2)cc1)C(=O)[O-])c1ccc2ccccc2n1.[Na+]. The number of halogens is 1. The summed E-state index contributed by atoms with van der Waals surface area (Å²) in [5, 5.41) is 15.9. The molecular formula is C29H21FN3NaO4. The summed E-state index contributed by atoms with van der Waals surface area (Å²) in [6.45, 7) is 0.183. The van der Waals surface area contributed by atoms with Gasteiger partial charge in [-0.2, -0.15) is 0 Å². The molecule has 2 heterocycles. The molecule has 38 heavy (non-hydrogen) atoms. The molecule has 0 aliphatic rings. The molecule has 0 unspecified atom stereocenters. The van der Waals surface area contributed by atoms with Crippen LogP contribution >= 0.6 is 0 Å². The smallest absolute Gasteiger partial charge is 0.548 e. The van der Waals surface area contributed by atoms with Crippen molar-refractivity contribution in [2.75, 3.05) is 0 Å². The summed E-state index contributed by atoms with van der Waals surface area (Å²) in [4.78, 5) is 33.1. The maximum absolute atomic E-state index is 13.5. The van der Waals surface area contributed by atoms with Crippen LogP contribution in [0.1, 0.15) is 21.7 Å². The fourth-order valence-electron chi connectivity index (χ4n) is 3.95. The minimum Gasteiger partial charge on any atom is -0.548 e. The Hall–Kier alpha value is -3.85. The fraction of sp³-hybridized carbons (Fsp3) is 0.103. The minimum absolute atomic E-state index is 0. The number of nitrogens with one attached hydrogen (secondary N) is 1. The molecule has 184 valence electrons. The van der Waals surface area contributed by atoms with Crippen molar-refractivity contribution in [3.05, 3.63) is 114 Å². The molecule has 5 aromatic rings. The number of carboxylic acid groups (broad SMARTS) is 1. The van der Waals surface area contributed by atoms with Gasteiger partial charge in [-0.05, 0) is 54.4 Å². The summed E-state index contributed by atoms with van der Waals surface area (Å²) in [6, 6.07) is 24.3. The monoisotopic (exact) mass is 517 g/mol. The van der Waals surface area contributed by atoms with Gasteiger partial charge in [0.2, 0.25) is 0 Å². The van der Waals surface area contributed by atoms with E-state index in [0.717, 1.165) is 10.8 Å². The minimum atomic E-state index is -1.40. The van der Waals surface area contributed by atoms with E-state index in [0.29, 0.717) is 28.0 Å². The number of nitrogens with zero attached hydrogens (tertiary/aromatic N) is 2. The van der Waals surface area contributed by atoms with Gasteiger partial charge in [0.1, 0.15) is 23.9 Å². The number of carbonyl (C=O) groups excluding carboxylic acids is 2. The first-order chi connectivity index (χ1) is 17.9. The number of aliphatic carboxylic acids is 1. The largest absolute Gasteiger partial charge is 1.00 e. The van der Waals surface area contributed by atoms with Gasteiger partial charge in [-0.1, -0.05) is 42.5 Å². The Labute approximate surface area is 240 Å². The van der Waals surface area contributed by atoms with Crippen molar-refractivity contribution in [3.8, 4) is 5.75 Å². The van der Waals surface area contributed by atoms with Crippen molar-refractivity contribution < 1.29 is 53.4 Å². The Balaban J connectivity index is 0.00000336. The number of amides is 1. The van der Waals surface area contributed by atoms with Gasteiger partial charge in [0.25, 0.3) is 5.91 Å². The Morgan fingerprint density at radius 3 is 2.37 bits per heavy atom. The molecular weight excluding hydrogens is 496 g/mol. The zero-order valence-corrected chi connectivity index (χ0v) is 22.6. The second-order valence-corrected chi connectivity index (χ2v) is 8.51. The van der Waals surface area contributed by atoms with E-state index in [1.54, 1.807) is 48.5 Å². The summed E-state index contributed by atoms with van der Waals surface area (Å²) in [5.74, 6) is -1.79. The number of para-hydroxylation sites is 1. The average molecular weight is 517 g/mol. The van der Waals surface area contributed by atoms with Crippen LogP contribution in [0.4, 0.5) is 4.39 Å². The molecule has 7 nitrogen and oxygen atoms in total. The number of carboxylic acids is 1. The van der Waals surface area contributed by atoms with Gasteiger partial charge in [-0.25, -0.2) is 14.4 Å². The summed E-state index contributed by atoms with van der Waals surface area (Å²) in [6.07, 6.45) is 0.0275. The van der Waals surface area contributed by atoms with Crippen molar-refractivity contribution in [1.82, 2.24) is 15.3 Å². The van der Waals surface area contributed by atoms with Crippen LogP contribution in [0.3, 0.4) is 0 Å². The molecule has 5 rings (SSSR count). The third-order valence-electron chi connectivity index (χ3n) is 5.88. The number of fused-ring (bicyclic) bond motifs is 2. The van der Waals surface area contributed by atoms with E-state index < -0.39 is 17.9 Å². The Bertz CT molecular complexity index is 1610. The summed E-state index contributed by atoms with van der Waals surface area (Å²) in [7, 11) is 0. The molecule has 0 saturated heterocycles. The van der Waals surface area contributed by atoms with Crippen LogP contribution in [0.2, 0.25) is 0 Å². The van der Waals surface area contributed by atoms with Crippen molar-refractivity contribution >= 4 is 33.7 Å². The first kappa shape index (κ1) is 27.2. The van der Waals surface area contributed by atoms with Gasteiger partial charge in [0, 0.05) is 16.8 Å². The fourth-order valence-corrected chi connectivity index (χ4v) is 3.95. The predicted octanol–water partition coefficient (Wildman–Crippen LogP) is 0.596. The van der Waals surface area contributed by atoms with E-state index in [9.17, 15) is 19.1 Å². The van der Waals surface area contributed by atoms with Crippen molar-refractivity contribution in [2.45, 2.75) is 19.1 Å². The van der Waals surface area contributed by atoms with E-state index in [4.69, 9.17) is 4.74 Å². The van der Waals surface area contributed by atoms with Gasteiger partial charge in [-0.15, -0.1) is 0 Å². The number of hydrogen-bond acceptors (Lipinski definition) is 6. The number of hydrogen-bond donors (Lipinski definition) is 1. The number of aromatic nitrogens is 2. The van der Waals surface area contributed by atoms with E-state index in [1.165, 1.54) is 12.1 Å². The molecule has 0 spiro atoms. The molecule has 1 N–H and O–H groups in total. The van der Waals surface area contributed by atoms with Gasteiger partial charge in [0.05, 0.1) is 28.7 Å². The molecule has 0 aliphatic carbocycles. The van der Waals surface area contributed by atoms with Crippen LogP contribution < -0.4 is 44.7 Å². The molecule has 0 aliphatic heterocycles. The molecule has 0 radical (unpaired) electrons. The van der Waals surface area contributed by atoms with Crippen LogP contribution in [0.25, 0.3) is 21.8 Å². The van der Waals surface area contributed by atoms with Gasteiger partial charge >= 0.3 is 29.6 Å². The molecule has 9 heteroatoms. The van der Waals surface area contributed by atoms with Gasteiger partial charge in [0.15, 0.2) is 0 Å². The Morgan fingerprint density at radius 1 is 0.868 bits per heavy atom. The first-order valence-electron chi connectivity index (χ1n) is 11.6. The quantitative estimate of drug-likeness (QED) is 0.303. The molecule has 0 saturated carbocycles. The zero-order valence-electron chi connectivity index (χ0n) is 20.6. The Kier molecular flexibility index (Phi) is 8.68. The predicted molar refractivity (Wildman–Crippen MR) is 134 cm³/mol. The van der Waals surface area contributed by atoms with E-state index >= 15 is 0 Å². The van der Waals surface area contributed by atoms with Crippen molar-refractivity contribution in [3.63, 3.8) is 0 Å². The number of carbonyl (C=O) groups is 2. The van der Waals surface area contributed by atoms with Crippen LogP contribution in [0.5, 0.6) is 5.75 Å². The van der Waals surface area contributed by atoms with Crippen LogP contribution in [-0.4, -0.2) is 27.9 Å². The number of pyridine rings is 2. The second-order valence-electron chi connectivity index (χ2n) is 8.51. The van der Waals surface area contributed by atoms with Gasteiger partial charge < -0.3 is 20.0 Å². The molecule has 0 fully saturated rings. The van der Waals surface area contributed by atoms with Crippen molar-refractivity contribution in [1.29, 1.82) is 0 Å². The third-order valence-corrected chi connectivity index (χ3v) is 5.88. The molecule has 2 aromatic heterocycles. The maximum atomic E-state index is 13.5. The normalized spacial score (nSPS) is 11.5. The number of benzene rings is 3. The first-order valence-corrected chi connectivity index (χ1v) is 11.6. The van der Waals surface area contributed by atoms with Gasteiger partial charge in [-0.3, -0.25) is 4.79 Å². The molecule has 1 atom stereocenters. The van der Waals surface area contributed by atoms with E-state index in [-0.39, 0.29) is 54.1 Å². The number of rotatable bonds is 8. The van der Waals surface area contributed by atoms with E-state index in [2.05, 4.69) is 15.3 Å². The molecule has 0 bridgehead atoms. The topological polar surface area (TPSA) is 104 Å². The standard InChI is InChI=1S/C29H22FN3O4.Na/c30-21-10-7-20-8-11-22(31-26(20)16-21)17-37-23-12-5-18(6-13-23)15-27(29(35)36)33-28(34)25-14-9-19-3-1-2-4-24(19)32-25;/h1-14,16,27H,15,17H2,(H,33,34)(H,35,36);/q;+1/p-1/t27-;/m0./s1. The molecule has 3 aromatic carbocycles. The Morgan fingerprint density at radius 2 is 1.58 bits per heavy atom. The summed E-state index contributed by atoms with van der Waals surface area (Å²) >= 11 is 0.